The van der Waals surface area contributed by atoms with E-state index in [0.717, 1.165) is 6.07 Å². The maximum Gasteiger partial charge on any atom is 0.416 e. The van der Waals surface area contributed by atoms with E-state index in [9.17, 15) is 26.4 Å². The fourth-order valence-corrected chi connectivity index (χ4v) is 5.19. The molecule has 0 aliphatic carbocycles. The average Bonchev–Trinajstić information content (AvgIpc) is 2.74. The van der Waals surface area contributed by atoms with Gasteiger partial charge in [0.15, 0.2) is 0 Å². The monoisotopic (exact) mass is 474 g/mol. The van der Waals surface area contributed by atoms with Crippen molar-refractivity contribution in [3.8, 4) is 0 Å². The number of hydrogen-bond acceptors (Lipinski definition) is 3. The third-order valence-corrected chi connectivity index (χ3v) is 7.46. The minimum Gasteiger partial charge on any atom is -0.356 e. The van der Waals surface area contributed by atoms with E-state index in [4.69, 9.17) is 11.6 Å². The smallest absolute Gasteiger partial charge is 0.356 e. The summed E-state index contributed by atoms with van der Waals surface area (Å²) in [4.78, 5) is 12.6. The van der Waals surface area contributed by atoms with Crippen LogP contribution in [0.5, 0.6) is 0 Å². The van der Waals surface area contributed by atoms with Crippen LogP contribution < -0.4 is 5.32 Å². The highest BCUT2D eigenvalue weighted by Gasteiger charge is 2.33. The Morgan fingerprint density at radius 1 is 1.06 bits per heavy atom. The molecule has 1 N–H and O–H groups in total. The van der Waals surface area contributed by atoms with Gasteiger partial charge in [-0.05, 0) is 55.2 Å². The van der Waals surface area contributed by atoms with Crippen molar-refractivity contribution in [2.24, 2.45) is 5.92 Å². The summed E-state index contributed by atoms with van der Waals surface area (Å²) in [5.41, 5.74) is -0.579. The van der Waals surface area contributed by atoms with Crippen molar-refractivity contribution in [1.82, 2.24) is 9.62 Å². The molecule has 168 valence electrons. The van der Waals surface area contributed by atoms with Gasteiger partial charge in [-0.3, -0.25) is 4.79 Å². The number of benzene rings is 2. The zero-order chi connectivity index (χ0) is 22.6. The summed E-state index contributed by atoms with van der Waals surface area (Å²) in [6.45, 7) is 0.467. The summed E-state index contributed by atoms with van der Waals surface area (Å²) in [7, 11) is -3.66. The van der Waals surface area contributed by atoms with E-state index in [-0.39, 0.29) is 48.3 Å². The molecule has 2 aromatic rings. The Morgan fingerprint density at radius 3 is 2.29 bits per heavy atom. The van der Waals surface area contributed by atoms with Crippen molar-refractivity contribution in [2.45, 2.75) is 30.3 Å². The van der Waals surface area contributed by atoms with Crippen LogP contribution in [0, 0.1) is 5.92 Å². The summed E-state index contributed by atoms with van der Waals surface area (Å²) in [6.07, 6.45) is -3.69. The van der Waals surface area contributed by atoms with Gasteiger partial charge in [0, 0.05) is 30.6 Å². The molecule has 1 aliphatic rings. The molecule has 10 heteroatoms. The molecule has 1 saturated heterocycles. The van der Waals surface area contributed by atoms with Gasteiger partial charge in [0.05, 0.1) is 10.5 Å². The zero-order valence-corrected chi connectivity index (χ0v) is 18.1. The first-order chi connectivity index (χ1) is 14.6. The van der Waals surface area contributed by atoms with Crippen molar-refractivity contribution < 1.29 is 26.4 Å². The quantitative estimate of drug-likeness (QED) is 0.685. The molecule has 1 heterocycles. The normalized spacial score (nSPS) is 16.3. The molecule has 0 saturated carbocycles. The highest BCUT2D eigenvalue weighted by Crippen LogP contribution is 2.32. The Hall–Kier alpha value is -2.10. The van der Waals surface area contributed by atoms with Crippen LogP contribution in [0.4, 0.5) is 13.2 Å². The van der Waals surface area contributed by atoms with E-state index < -0.39 is 21.8 Å². The molecular weight excluding hydrogens is 453 g/mol. The number of sulfonamides is 1. The number of alkyl halides is 3. The summed E-state index contributed by atoms with van der Waals surface area (Å²) in [5, 5.41) is 3.12. The van der Waals surface area contributed by atoms with Gasteiger partial charge in [-0.1, -0.05) is 29.8 Å². The van der Waals surface area contributed by atoms with Crippen molar-refractivity contribution in [2.75, 3.05) is 19.6 Å². The van der Waals surface area contributed by atoms with Crippen molar-refractivity contribution in [3.63, 3.8) is 0 Å². The number of hydrogen-bond donors (Lipinski definition) is 1. The van der Waals surface area contributed by atoms with Crippen LogP contribution in [-0.4, -0.2) is 38.3 Å². The molecule has 3 rings (SSSR count). The van der Waals surface area contributed by atoms with Gasteiger partial charge in [-0.2, -0.15) is 17.5 Å². The van der Waals surface area contributed by atoms with Crippen molar-refractivity contribution >= 4 is 27.5 Å². The first-order valence-corrected chi connectivity index (χ1v) is 11.6. The SMILES string of the molecule is O=C(NCCc1ccccc1C(F)(F)F)C1CCN(S(=O)(=O)c2ccc(Cl)cc2)CC1. The number of piperidine rings is 1. The predicted octanol–water partition coefficient (Wildman–Crippen LogP) is 4.12. The van der Waals surface area contributed by atoms with Gasteiger partial charge in [0.2, 0.25) is 15.9 Å². The summed E-state index contributed by atoms with van der Waals surface area (Å²) < 4.78 is 65.9. The Bertz CT molecular complexity index is 1020. The number of nitrogens with zero attached hydrogens (tertiary/aromatic N) is 1. The first-order valence-electron chi connectivity index (χ1n) is 9.77. The first kappa shape index (κ1) is 23.6. The molecule has 0 atom stereocenters. The number of amides is 1. The van der Waals surface area contributed by atoms with Crippen LogP contribution >= 0.6 is 11.6 Å². The van der Waals surface area contributed by atoms with Crippen LogP contribution in [0.1, 0.15) is 24.0 Å². The highest BCUT2D eigenvalue weighted by atomic mass is 35.5. The minimum atomic E-state index is -4.44. The van der Waals surface area contributed by atoms with Crippen LogP contribution in [0.25, 0.3) is 0 Å². The van der Waals surface area contributed by atoms with E-state index in [1.165, 1.54) is 46.8 Å². The Balaban J connectivity index is 1.51. The molecule has 0 unspecified atom stereocenters. The molecule has 5 nitrogen and oxygen atoms in total. The third-order valence-electron chi connectivity index (χ3n) is 5.29. The fourth-order valence-electron chi connectivity index (χ4n) is 3.59. The second-order valence-corrected chi connectivity index (χ2v) is 9.70. The van der Waals surface area contributed by atoms with Crippen LogP contribution in [0.3, 0.4) is 0 Å². The largest absolute Gasteiger partial charge is 0.416 e. The number of carbonyl (C=O) groups excluding carboxylic acids is 1. The number of nitrogens with one attached hydrogen (secondary N) is 1. The Kier molecular flexibility index (Phi) is 7.28. The molecule has 0 aromatic heterocycles. The molecular formula is C21H22ClF3N2O3S. The second-order valence-electron chi connectivity index (χ2n) is 7.33. The zero-order valence-electron chi connectivity index (χ0n) is 16.5. The summed E-state index contributed by atoms with van der Waals surface area (Å²) >= 11 is 5.80. The lowest BCUT2D eigenvalue weighted by molar-refractivity contribution is -0.138. The number of halogens is 4. The Labute approximate surface area is 184 Å². The van der Waals surface area contributed by atoms with Crippen molar-refractivity contribution in [1.29, 1.82) is 0 Å². The van der Waals surface area contributed by atoms with Crippen LogP contribution in [0.2, 0.25) is 5.02 Å². The summed E-state index contributed by atoms with van der Waals surface area (Å²) in [6, 6.07) is 11.2. The lowest BCUT2D eigenvalue weighted by Crippen LogP contribution is -2.43. The molecule has 0 spiro atoms. The standard InChI is InChI=1S/C21H22ClF3N2O3S/c22-17-5-7-18(8-6-17)31(29,30)27-13-10-16(11-14-27)20(28)26-12-9-15-3-1-2-4-19(15)21(23,24)25/h1-8,16H,9-14H2,(H,26,28). The molecule has 2 aromatic carbocycles. The molecule has 1 fully saturated rings. The van der Waals surface area contributed by atoms with Crippen LogP contribution in [0.15, 0.2) is 53.4 Å². The van der Waals surface area contributed by atoms with Gasteiger partial charge in [0.25, 0.3) is 0 Å². The molecule has 0 radical (unpaired) electrons. The van der Waals surface area contributed by atoms with E-state index in [1.807, 2.05) is 0 Å². The molecule has 31 heavy (non-hydrogen) atoms. The third kappa shape index (κ3) is 5.78. The second kappa shape index (κ2) is 9.58. The van der Waals surface area contributed by atoms with Gasteiger partial charge < -0.3 is 5.32 Å². The molecule has 0 bridgehead atoms. The topological polar surface area (TPSA) is 66.5 Å². The van der Waals surface area contributed by atoms with E-state index in [1.54, 1.807) is 0 Å². The average molecular weight is 475 g/mol. The Morgan fingerprint density at radius 2 is 1.68 bits per heavy atom. The van der Waals surface area contributed by atoms with Gasteiger partial charge in [0.1, 0.15) is 0 Å². The fraction of sp³-hybridized carbons (Fsp3) is 0.381. The predicted molar refractivity (Wildman–Crippen MR) is 111 cm³/mol. The van der Waals surface area contributed by atoms with E-state index >= 15 is 0 Å². The van der Waals surface area contributed by atoms with Gasteiger partial charge in [-0.15, -0.1) is 0 Å². The van der Waals surface area contributed by atoms with Crippen molar-refractivity contribution in [3.05, 3.63) is 64.7 Å². The number of carbonyl (C=O) groups is 1. The molecule has 1 aliphatic heterocycles. The highest BCUT2D eigenvalue weighted by molar-refractivity contribution is 7.89. The van der Waals surface area contributed by atoms with E-state index in [2.05, 4.69) is 5.32 Å². The molecule has 1 amide bonds. The van der Waals surface area contributed by atoms with Crippen LogP contribution in [-0.2, 0) is 27.4 Å². The maximum absolute atomic E-state index is 13.1. The maximum atomic E-state index is 13.1. The lowest BCUT2D eigenvalue weighted by Gasteiger charge is -2.30. The van der Waals surface area contributed by atoms with Gasteiger partial charge >= 0.3 is 6.18 Å². The minimum absolute atomic E-state index is 0.0607. The summed E-state index contributed by atoms with van der Waals surface area (Å²) in [5.74, 6) is -0.650. The lowest BCUT2D eigenvalue weighted by atomic mass is 9.97. The number of rotatable bonds is 6. The van der Waals surface area contributed by atoms with Gasteiger partial charge in [-0.25, -0.2) is 8.42 Å². The van der Waals surface area contributed by atoms with E-state index in [0.29, 0.717) is 17.9 Å².